The van der Waals surface area contributed by atoms with Crippen molar-refractivity contribution in [2.24, 2.45) is 0 Å². The summed E-state index contributed by atoms with van der Waals surface area (Å²) in [5.41, 5.74) is 2.23. The Morgan fingerprint density at radius 2 is 1.22 bits per heavy atom. The minimum atomic E-state index is -3.88. The van der Waals surface area contributed by atoms with E-state index in [-0.39, 0.29) is 16.5 Å². The summed E-state index contributed by atoms with van der Waals surface area (Å²) in [6.45, 7) is 8.74. The van der Waals surface area contributed by atoms with Crippen molar-refractivity contribution < 1.29 is 17.0 Å². The molecule has 0 aliphatic rings. The maximum atomic E-state index is 12.6. The van der Waals surface area contributed by atoms with E-state index in [1.807, 2.05) is 31.2 Å². The van der Waals surface area contributed by atoms with Crippen molar-refractivity contribution in [3.05, 3.63) is 120 Å². The fourth-order valence-corrected chi connectivity index (χ4v) is 9.95. The molecule has 0 saturated carbocycles. The predicted molar refractivity (Wildman–Crippen MR) is 150 cm³/mol. The highest BCUT2D eigenvalue weighted by Gasteiger charge is 2.50. The molecule has 1 heterocycles. The maximum Gasteiger partial charge on any atom is 0.297 e. The molecule has 5 nitrogen and oxygen atoms in total. The second-order valence-electron chi connectivity index (χ2n) is 10.1. The van der Waals surface area contributed by atoms with E-state index in [0.29, 0.717) is 12.3 Å². The number of nitrogens with zero attached hydrogens (tertiary/aromatic N) is 1. The molecule has 3 aromatic carbocycles. The molecule has 0 fully saturated rings. The molecule has 7 heteroatoms. The Bertz CT molecular complexity index is 1380. The molecule has 0 saturated heterocycles. The fourth-order valence-electron chi connectivity index (χ4n) is 4.54. The highest BCUT2D eigenvalue weighted by molar-refractivity contribution is 7.86. The van der Waals surface area contributed by atoms with E-state index >= 15 is 0 Å². The molecule has 4 rings (SSSR count). The molecule has 0 bridgehead atoms. The summed E-state index contributed by atoms with van der Waals surface area (Å²) in [6, 6.07) is 33.0. The Labute approximate surface area is 221 Å². The van der Waals surface area contributed by atoms with Gasteiger partial charge in [-0.3, -0.25) is 9.17 Å². The van der Waals surface area contributed by atoms with Crippen LogP contribution < -0.4 is 10.4 Å². The van der Waals surface area contributed by atoms with Crippen LogP contribution in [-0.2, 0) is 31.9 Å². The first-order chi connectivity index (χ1) is 17.6. The van der Waals surface area contributed by atoms with Crippen molar-refractivity contribution in [3.8, 4) is 0 Å². The van der Waals surface area contributed by atoms with Crippen molar-refractivity contribution in [2.75, 3.05) is 0 Å². The second kappa shape index (κ2) is 11.1. The first-order valence-corrected chi connectivity index (χ1v) is 15.6. The van der Waals surface area contributed by atoms with Crippen LogP contribution in [0.25, 0.3) is 0 Å². The normalized spacial score (nSPS) is 12.4. The average Bonchev–Trinajstić information content (AvgIpc) is 2.89. The van der Waals surface area contributed by atoms with Gasteiger partial charge in [0.2, 0.25) is 0 Å². The van der Waals surface area contributed by atoms with Gasteiger partial charge in [-0.1, -0.05) is 105 Å². The monoisotopic (exact) mass is 531 g/mol. The van der Waals surface area contributed by atoms with Gasteiger partial charge < -0.3 is 4.43 Å². The summed E-state index contributed by atoms with van der Waals surface area (Å²) in [7, 11) is -6.59. The lowest BCUT2D eigenvalue weighted by atomic mass is 10.2. The summed E-state index contributed by atoms with van der Waals surface area (Å²) in [4.78, 5) is 4.79. The third kappa shape index (κ3) is 6.08. The third-order valence-corrected chi connectivity index (χ3v) is 12.6. The second-order valence-corrected chi connectivity index (χ2v) is 16.0. The number of aryl methyl sites for hydroxylation is 1. The predicted octanol–water partition coefficient (Wildman–Crippen LogP) is 5.37. The minimum absolute atomic E-state index is 0.129. The Morgan fingerprint density at radius 3 is 1.73 bits per heavy atom. The molecule has 37 heavy (non-hydrogen) atoms. The van der Waals surface area contributed by atoms with E-state index in [4.69, 9.17) is 8.61 Å². The average molecular weight is 532 g/mol. The number of hydrogen-bond acceptors (Lipinski definition) is 5. The molecule has 4 aromatic rings. The molecular formula is C30H33NO4SSi. The Hall–Kier alpha value is -3.10. The van der Waals surface area contributed by atoms with Gasteiger partial charge in [-0.2, -0.15) is 8.42 Å². The number of aromatic nitrogens is 1. The quantitative estimate of drug-likeness (QED) is 0.215. The van der Waals surface area contributed by atoms with Crippen LogP contribution in [0.4, 0.5) is 0 Å². The number of benzene rings is 3. The summed E-state index contributed by atoms with van der Waals surface area (Å²) in [5, 5.41) is 2.23. The molecule has 0 radical (unpaired) electrons. The zero-order valence-corrected chi connectivity index (χ0v) is 23.5. The van der Waals surface area contributed by atoms with Gasteiger partial charge in [0.15, 0.2) is 0 Å². The van der Waals surface area contributed by atoms with Gasteiger partial charge >= 0.3 is 0 Å². The van der Waals surface area contributed by atoms with Crippen LogP contribution in [0.2, 0.25) is 5.04 Å². The largest absolute Gasteiger partial charge is 0.402 e. The van der Waals surface area contributed by atoms with Gasteiger partial charge in [-0.15, -0.1) is 0 Å². The van der Waals surface area contributed by atoms with E-state index in [1.54, 1.807) is 30.3 Å². The highest BCUT2D eigenvalue weighted by Crippen LogP contribution is 2.37. The molecule has 0 N–H and O–H groups in total. The third-order valence-electron chi connectivity index (χ3n) is 6.39. The lowest BCUT2D eigenvalue weighted by Crippen LogP contribution is -2.66. The van der Waals surface area contributed by atoms with Gasteiger partial charge in [0.25, 0.3) is 18.4 Å². The maximum absolute atomic E-state index is 12.6. The molecule has 192 valence electrons. The minimum Gasteiger partial charge on any atom is -0.402 e. The summed E-state index contributed by atoms with van der Waals surface area (Å²) in [5.74, 6) is 0. The number of pyridine rings is 1. The number of hydrogen-bond donors (Lipinski definition) is 0. The van der Waals surface area contributed by atoms with Crippen LogP contribution in [0, 0.1) is 6.92 Å². The van der Waals surface area contributed by atoms with Crippen LogP contribution >= 0.6 is 0 Å². The topological polar surface area (TPSA) is 65.5 Å². The molecule has 0 spiro atoms. The highest BCUT2D eigenvalue weighted by atomic mass is 32.2. The van der Waals surface area contributed by atoms with Crippen LogP contribution in [-0.4, -0.2) is 21.7 Å². The fraction of sp³-hybridized carbons (Fsp3) is 0.233. The van der Waals surface area contributed by atoms with Gasteiger partial charge in [-0.05, 0) is 46.6 Å². The molecule has 1 aromatic heterocycles. The SMILES string of the molecule is Cc1ccc(S(=O)(=O)OCc2cccc(CO[Si](c3ccccc3)(c3ccccc3)C(C)(C)C)n2)cc1. The first kappa shape index (κ1) is 26.9. The van der Waals surface area contributed by atoms with Gasteiger partial charge in [-0.25, -0.2) is 0 Å². The zero-order valence-electron chi connectivity index (χ0n) is 21.7. The van der Waals surface area contributed by atoms with Gasteiger partial charge in [0.05, 0.1) is 22.9 Å². The lowest BCUT2D eigenvalue weighted by Gasteiger charge is -2.43. The molecule has 0 atom stereocenters. The molecule has 0 amide bonds. The molecular weight excluding hydrogens is 498 g/mol. The first-order valence-electron chi connectivity index (χ1n) is 12.3. The van der Waals surface area contributed by atoms with E-state index < -0.39 is 18.4 Å². The summed E-state index contributed by atoms with van der Waals surface area (Å²) in [6.07, 6.45) is 0. The van der Waals surface area contributed by atoms with Gasteiger partial charge in [0.1, 0.15) is 6.61 Å². The number of rotatable bonds is 9. The summed E-state index contributed by atoms with van der Waals surface area (Å²) < 4.78 is 37.5. The Kier molecular flexibility index (Phi) is 8.09. The van der Waals surface area contributed by atoms with E-state index in [2.05, 4.69) is 74.3 Å². The van der Waals surface area contributed by atoms with Crippen molar-refractivity contribution in [1.29, 1.82) is 0 Å². The zero-order chi connectivity index (χ0) is 26.5. The van der Waals surface area contributed by atoms with Crippen molar-refractivity contribution in [2.45, 2.75) is 50.8 Å². The molecule has 0 aliphatic heterocycles. The Balaban J connectivity index is 1.58. The van der Waals surface area contributed by atoms with Crippen LogP contribution in [0.15, 0.2) is 108 Å². The Morgan fingerprint density at radius 1 is 0.703 bits per heavy atom. The molecule has 0 aliphatic carbocycles. The standard InChI is InChI=1S/C30H33NO4SSi/c1-24-18-20-27(21-19-24)36(32,33)34-22-25-12-11-13-26(31-25)23-35-37(30(2,3)4,28-14-7-5-8-15-28)29-16-9-6-10-17-29/h5-21H,22-23H2,1-4H3. The van der Waals surface area contributed by atoms with Crippen molar-refractivity contribution in [1.82, 2.24) is 4.98 Å². The van der Waals surface area contributed by atoms with E-state index in [9.17, 15) is 8.42 Å². The van der Waals surface area contributed by atoms with Crippen LogP contribution in [0.3, 0.4) is 0 Å². The summed E-state index contributed by atoms with van der Waals surface area (Å²) >= 11 is 0. The van der Waals surface area contributed by atoms with Crippen molar-refractivity contribution in [3.63, 3.8) is 0 Å². The smallest absolute Gasteiger partial charge is 0.297 e. The van der Waals surface area contributed by atoms with Crippen molar-refractivity contribution >= 4 is 28.8 Å². The molecule has 0 unspecified atom stereocenters. The van der Waals surface area contributed by atoms with Crippen LogP contribution in [0.5, 0.6) is 0 Å². The van der Waals surface area contributed by atoms with Gasteiger partial charge in [0, 0.05) is 0 Å². The van der Waals surface area contributed by atoms with Crippen LogP contribution in [0.1, 0.15) is 37.7 Å². The lowest BCUT2D eigenvalue weighted by molar-refractivity contribution is 0.278. The van der Waals surface area contributed by atoms with E-state index in [0.717, 1.165) is 11.3 Å². The van der Waals surface area contributed by atoms with E-state index in [1.165, 1.54) is 10.4 Å².